The first kappa shape index (κ1) is 17.7. The zero-order chi connectivity index (χ0) is 16.5. The highest BCUT2D eigenvalue weighted by Crippen LogP contribution is 2.15. The van der Waals surface area contributed by atoms with Crippen molar-refractivity contribution in [3.63, 3.8) is 0 Å². The van der Waals surface area contributed by atoms with E-state index < -0.39 is 0 Å². The molecule has 0 fully saturated rings. The molecule has 1 aromatic rings. The van der Waals surface area contributed by atoms with Crippen LogP contribution in [0.2, 0.25) is 0 Å². The number of urea groups is 1. The van der Waals surface area contributed by atoms with E-state index in [0.717, 1.165) is 11.3 Å². The Hall–Kier alpha value is -2.31. The van der Waals surface area contributed by atoms with Gasteiger partial charge in [-0.15, -0.1) is 0 Å². The summed E-state index contributed by atoms with van der Waals surface area (Å²) < 4.78 is 5.20. The molecule has 0 radical (unpaired) electrons. The number of nitrogens with zero attached hydrogens (tertiary/aromatic N) is 2. The topological polar surface area (TPSA) is 83.6 Å². The Labute approximate surface area is 131 Å². The molecule has 0 aromatic carbocycles. The smallest absolute Gasteiger partial charge is 0.318 e. The van der Waals surface area contributed by atoms with Gasteiger partial charge in [0.15, 0.2) is 0 Å². The molecule has 122 valence electrons. The molecule has 7 heteroatoms. The van der Waals surface area contributed by atoms with Crippen LogP contribution in [-0.2, 0) is 11.3 Å². The summed E-state index contributed by atoms with van der Waals surface area (Å²) >= 11 is 0. The zero-order valence-corrected chi connectivity index (χ0v) is 13.6. The molecule has 3 amide bonds. The third-order valence-corrected chi connectivity index (χ3v) is 3.08. The molecule has 0 aliphatic carbocycles. The number of hydrogen-bond acceptors (Lipinski definition) is 4. The number of carbonyl (C=O) groups excluding carboxylic acids is 2. The highest BCUT2D eigenvalue weighted by molar-refractivity contribution is 5.83. The summed E-state index contributed by atoms with van der Waals surface area (Å²) in [5.41, 5.74) is 1.63. The molecule has 1 rings (SSSR count). The SMILES string of the molecule is CCNC(=O)CN(CC)C(=O)NCc1ccc(C)nc1OC. The van der Waals surface area contributed by atoms with Gasteiger partial charge in [0.2, 0.25) is 11.8 Å². The lowest BCUT2D eigenvalue weighted by Gasteiger charge is -2.21. The minimum Gasteiger partial charge on any atom is -0.481 e. The van der Waals surface area contributed by atoms with E-state index >= 15 is 0 Å². The number of methoxy groups -OCH3 is 1. The molecule has 1 heterocycles. The van der Waals surface area contributed by atoms with Crippen molar-refractivity contribution in [1.82, 2.24) is 20.5 Å². The van der Waals surface area contributed by atoms with E-state index in [1.165, 1.54) is 4.90 Å². The molecule has 2 N–H and O–H groups in total. The van der Waals surface area contributed by atoms with Gasteiger partial charge >= 0.3 is 6.03 Å². The van der Waals surface area contributed by atoms with Crippen molar-refractivity contribution in [2.45, 2.75) is 27.3 Å². The van der Waals surface area contributed by atoms with E-state index in [0.29, 0.717) is 25.5 Å². The largest absolute Gasteiger partial charge is 0.481 e. The first-order chi connectivity index (χ1) is 10.5. The molecule has 1 aromatic heterocycles. The van der Waals surface area contributed by atoms with Crippen LogP contribution in [0.4, 0.5) is 4.79 Å². The van der Waals surface area contributed by atoms with Gasteiger partial charge in [0.05, 0.1) is 7.11 Å². The highest BCUT2D eigenvalue weighted by Gasteiger charge is 2.15. The number of rotatable bonds is 7. The second kappa shape index (κ2) is 8.86. The summed E-state index contributed by atoms with van der Waals surface area (Å²) in [5.74, 6) is 0.321. The van der Waals surface area contributed by atoms with E-state index in [1.807, 2.05) is 32.9 Å². The molecule has 0 spiro atoms. The van der Waals surface area contributed by atoms with Crippen molar-refractivity contribution in [3.8, 4) is 5.88 Å². The summed E-state index contributed by atoms with van der Waals surface area (Å²) in [4.78, 5) is 29.4. The van der Waals surface area contributed by atoms with Gasteiger partial charge in [0.1, 0.15) is 6.54 Å². The van der Waals surface area contributed by atoms with E-state index in [-0.39, 0.29) is 18.5 Å². The Morgan fingerprint density at radius 2 is 2.00 bits per heavy atom. The van der Waals surface area contributed by atoms with Crippen LogP contribution < -0.4 is 15.4 Å². The molecule has 7 nitrogen and oxygen atoms in total. The number of aryl methyl sites for hydroxylation is 1. The number of nitrogens with one attached hydrogen (secondary N) is 2. The molecule has 0 aliphatic rings. The van der Waals surface area contributed by atoms with Crippen LogP contribution in [0.15, 0.2) is 12.1 Å². The van der Waals surface area contributed by atoms with Crippen LogP contribution in [-0.4, -0.2) is 48.6 Å². The van der Waals surface area contributed by atoms with Gasteiger partial charge in [-0.2, -0.15) is 0 Å². The lowest BCUT2D eigenvalue weighted by molar-refractivity contribution is -0.121. The van der Waals surface area contributed by atoms with Gasteiger partial charge < -0.3 is 20.3 Å². The number of ether oxygens (including phenoxy) is 1. The molecule has 22 heavy (non-hydrogen) atoms. The van der Waals surface area contributed by atoms with Crippen molar-refractivity contribution in [2.24, 2.45) is 0 Å². The second-order valence-electron chi connectivity index (χ2n) is 4.75. The number of amides is 3. The predicted molar refractivity (Wildman–Crippen MR) is 83.7 cm³/mol. The monoisotopic (exact) mass is 308 g/mol. The summed E-state index contributed by atoms with van der Waals surface area (Å²) in [6, 6.07) is 3.43. The molecule has 0 unspecified atom stereocenters. The molecule has 0 aliphatic heterocycles. The molecular formula is C15H24N4O3. The first-order valence-corrected chi connectivity index (χ1v) is 7.31. The van der Waals surface area contributed by atoms with E-state index in [9.17, 15) is 9.59 Å². The normalized spacial score (nSPS) is 10.0. The number of hydrogen-bond donors (Lipinski definition) is 2. The summed E-state index contributed by atoms with van der Waals surface area (Å²) in [6.07, 6.45) is 0. The Kier molecular flexibility index (Phi) is 7.15. The Morgan fingerprint density at radius 3 is 2.59 bits per heavy atom. The highest BCUT2D eigenvalue weighted by atomic mass is 16.5. The summed E-state index contributed by atoms with van der Waals surface area (Å²) in [7, 11) is 1.54. The fourth-order valence-electron chi connectivity index (χ4n) is 1.91. The van der Waals surface area contributed by atoms with Crippen molar-refractivity contribution < 1.29 is 14.3 Å². The summed E-state index contributed by atoms with van der Waals surface area (Å²) in [5, 5.41) is 5.45. The van der Waals surface area contributed by atoms with Gasteiger partial charge in [0.25, 0.3) is 0 Å². The van der Waals surface area contributed by atoms with Crippen LogP contribution in [0.1, 0.15) is 25.1 Å². The third-order valence-electron chi connectivity index (χ3n) is 3.08. The fourth-order valence-corrected chi connectivity index (χ4v) is 1.91. The van der Waals surface area contributed by atoms with Crippen LogP contribution in [0.5, 0.6) is 5.88 Å². The standard InChI is InChI=1S/C15H24N4O3/c1-5-16-13(20)10-19(6-2)15(21)17-9-12-8-7-11(3)18-14(12)22-4/h7-8H,5-6,9-10H2,1-4H3,(H,16,20)(H,17,21). The van der Waals surface area contributed by atoms with Gasteiger partial charge in [-0.25, -0.2) is 9.78 Å². The zero-order valence-electron chi connectivity index (χ0n) is 13.6. The predicted octanol–water partition coefficient (Wildman–Crippen LogP) is 1.07. The van der Waals surface area contributed by atoms with Crippen LogP contribution in [0.3, 0.4) is 0 Å². The second-order valence-corrected chi connectivity index (χ2v) is 4.75. The first-order valence-electron chi connectivity index (χ1n) is 7.31. The maximum atomic E-state index is 12.1. The number of aromatic nitrogens is 1. The van der Waals surface area contributed by atoms with Crippen molar-refractivity contribution in [2.75, 3.05) is 26.7 Å². The van der Waals surface area contributed by atoms with Gasteiger partial charge in [-0.05, 0) is 26.8 Å². The van der Waals surface area contributed by atoms with Crippen LogP contribution in [0.25, 0.3) is 0 Å². The quantitative estimate of drug-likeness (QED) is 0.789. The van der Waals surface area contributed by atoms with E-state index in [4.69, 9.17) is 4.74 Å². The fraction of sp³-hybridized carbons (Fsp3) is 0.533. The molecule has 0 saturated carbocycles. The van der Waals surface area contributed by atoms with Crippen molar-refractivity contribution >= 4 is 11.9 Å². The molecule has 0 atom stereocenters. The average molecular weight is 308 g/mol. The van der Waals surface area contributed by atoms with Crippen LogP contribution >= 0.6 is 0 Å². The molecule has 0 saturated heterocycles. The minimum atomic E-state index is -0.295. The van der Waals surface area contributed by atoms with Gasteiger partial charge in [-0.3, -0.25) is 4.79 Å². The minimum absolute atomic E-state index is 0.0411. The summed E-state index contributed by atoms with van der Waals surface area (Å²) in [6.45, 7) is 6.87. The lowest BCUT2D eigenvalue weighted by atomic mass is 10.2. The Morgan fingerprint density at radius 1 is 1.27 bits per heavy atom. The Bertz CT molecular complexity index is 520. The molecular weight excluding hydrogens is 284 g/mol. The van der Waals surface area contributed by atoms with E-state index in [2.05, 4.69) is 15.6 Å². The van der Waals surface area contributed by atoms with Gasteiger partial charge in [-0.1, -0.05) is 6.07 Å². The lowest BCUT2D eigenvalue weighted by Crippen LogP contribution is -2.45. The van der Waals surface area contributed by atoms with Crippen molar-refractivity contribution in [1.29, 1.82) is 0 Å². The number of pyridine rings is 1. The van der Waals surface area contributed by atoms with E-state index in [1.54, 1.807) is 7.11 Å². The van der Waals surface area contributed by atoms with Crippen molar-refractivity contribution in [3.05, 3.63) is 23.4 Å². The Balaban J connectivity index is 2.62. The number of carbonyl (C=O) groups is 2. The maximum absolute atomic E-state index is 12.1. The molecule has 0 bridgehead atoms. The van der Waals surface area contributed by atoms with Gasteiger partial charge in [0, 0.05) is 30.9 Å². The van der Waals surface area contributed by atoms with Crippen LogP contribution in [0, 0.1) is 6.92 Å². The third kappa shape index (κ3) is 5.23. The average Bonchev–Trinajstić information content (AvgIpc) is 2.51. The maximum Gasteiger partial charge on any atom is 0.318 e. The number of likely N-dealkylation sites (N-methyl/N-ethyl adjacent to an activating group) is 2.